The van der Waals surface area contributed by atoms with Crippen LogP contribution in [-0.4, -0.2) is 9.97 Å². The zero-order valence-electron chi connectivity index (χ0n) is 6.89. The lowest BCUT2D eigenvalue weighted by atomic mass is 10.2. The van der Waals surface area contributed by atoms with E-state index in [0.29, 0.717) is 6.07 Å². The van der Waals surface area contributed by atoms with E-state index in [2.05, 4.69) is 9.97 Å². The largest absolute Gasteiger partial charge is 0.345 e. The number of nitrogens with zero attached hydrogens (tertiary/aromatic N) is 1. The van der Waals surface area contributed by atoms with Gasteiger partial charge in [0, 0.05) is 18.5 Å². The number of halogens is 3. The Morgan fingerprint density at radius 1 is 1.00 bits per heavy atom. The van der Waals surface area contributed by atoms with E-state index in [-0.39, 0.29) is 11.4 Å². The summed E-state index contributed by atoms with van der Waals surface area (Å²) in [4.78, 5) is 6.33. The van der Waals surface area contributed by atoms with E-state index in [1.165, 1.54) is 12.4 Å². The molecule has 0 atom stereocenters. The second-order valence-corrected chi connectivity index (χ2v) is 2.68. The molecule has 1 N–H and O–H groups in total. The molecular weight excluding hydrogens is 193 g/mol. The Morgan fingerprint density at radius 2 is 1.71 bits per heavy atom. The molecule has 1 heterocycles. The Balaban J connectivity index is 2.60. The number of nitrogens with one attached hydrogen (secondary N) is 1. The SMILES string of the molecule is Fc1cc(F)c(-c2ncc[nH]2)cc1F. The average molecular weight is 198 g/mol. The lowest BCUT2D eigenvalue weighted by molar-refractivity contribution is 0.496. The first kappa shape index (κ1) is 8.80. The molecule has 0 bridgehead atoms. The van der Waals surface area contributed by atoms with Gasteiger partial charge < -0.3 is 4.98 Å². The molecule has 2 nitrogen and oxygen atoms in total. The molecule has 1 aromatic heterocycles. The summed E-state index contributed by atoms with van der Waals surface area (Å²) >= 11 is 0. The number of hydrogen-bond donors (Lipinski definition) is 1. The minimum atomic E-state index is -1.21. The highest BCUT2D eigenvalue weighted by molar-refractivity contribution is 5.55. The average Bonchev–Trinajstić information content (AvgIpc) is 2.64. The summed E-state index contributed by atoms with van der Waals surface area (Å²) in [7, 11) is 0. The molecule has 5 heteroatoms. The number of rotatable bonds is 1. The minimum Gasteiger partial charge on any atom is -0.345 e. The molecule has 2 aromatic rings. The Morgan fingerprint density at radius 3 is 2.36 bits per heavy atom. The first-order chi connectivity index (χ1) is 6.68. The summed E-state index contributed by atoms with van der Waals surface area (Å²) in [5.74, 6) is -2.99. The monoisotopic (exact) mass is 198 g/mol. The van der Waals surface area contributed by atoms with E-state index in [1.54, 1.807) is 0 Å². The number of aromatic nitrogens is 2. The van der Waals surface area contributed by atoms with Crippen LogP contribution in [0, 0.1) is 17.5 Å². The summed E-state index contributed by atoms with van der Waals surface area (Å²) in [5, 5.41) is 0. The molecular formula is C9H5F3N2. The molecule has 14 heavy (non-hydrogen) atoms. The lowest BCUT2D eigenvalue weighted by Gasteiger charge is -2.00. The molecule has 0 aliphatic carbocycles. The normalized spacial score (nSPS) is 10.5. The van der Waals surface area contributed by atoms with Crippen molar-refractivity contribution in [2.75, 3.05) is 0 Å². The maximum atomic E-state index is 13.1. The molecule has 0 saturated carbocycles. The van der Waals surface area contributed by atoms with Gasteiger partial charge in [-0.2, -0.15) is 0 Å². The van der Waals surface area contributed by atoms with E-state index in [9.17, 15) is 13.2 Å². The van der Waals surface area contributed by atoms with Crippen molar-refractivity contribution >= 4 is 0 Å². The van der Waals surface area contributed by atoms with Gasteiger partial charge in [-0.15, -0.1) is 0 Å². The smallest absolute Gasteiger partial charge is 0.161 e. The van der Waals surface area contributed by atoms with Gasteiger partial charge in [-0.1, -0.05) is 0 Å². The van der Waals surface area contributed by atoms with Crippen LogP contribution in [-0.2, 0) is 0 Å². The topological polar surface area (TPSA) is 28.7 Å². The van der Waals surface area contributed by atoms with Crippen LogP contribution in [0.1, 0.15) is 0 Å². The zero-order chi connectivity index (χ0) is 10.1. The molecule has 0 amide bonds. The fourth-order valence-electron chi connectivity index (χ4n) is 1.12. The van der Waals surface area contributed by atoms with Crippen LogP contribution < -0.4 is 0 Å². The van der Waals surface area contributed by atoms with Crippen molar-refractivity contribution in [2.45, 2.75) is 0 Å². The first-order valence-electron chi connectivity index (χ1n) is 3.83. The number of benzene rings is 1. The van der Waals surface area contributed by atoms with E-state index < -0.39 is 17.5 Å². The minimum absolute atomic E-state index is 0.0890. The molecule has 1 aromatic carbocycles. The van der Waals surface area contributed by atoms with Crippen molar-refractivity contribution in [3.8, 4) is 11.4 Å². The molecule has 0 fully saturated rings. The van der Waals surface area contributed by atoms with E-state index >= 15 is 0 Å². The second-order valence-electron chi connectivity index (χ2n) is 2.68. The third-order valence-corrected chi connectivity index (χ3v) is 1.76. The summed E-state index contributed by atoms with van der Waals surface area (Å²) in [6, 6.07) is 1.26. The Labute approximate surface area is 77.4 Å². The second kappa shape index (κ2) is 3.17. The molecule has 0 unspecified atom stereocenters. The van der Waals surface area contributed by atoms with Crippen LogP contribution in [0.5, 0.6) is 0 Å². The van der Waals surface area contributed by atoms with Gasteiger partial charge in [-0.05, 0) is 6.07 Å². The number of hydrogen-bond acceptors (Lipinski definition) is 1. The molecule has 0 aliphatic heterocycles. The van der Waals surface area contributed by atoms with Crippen molar-refractivity contribution in [2.24, 2.45) is 0 Å². The van der Waals surface area contributed by atoms with Crippen LogP contribution in [0.25, 0.3) is 11.4 Å². The van der Waals surface area contributed by atoms with Gasteiger partial charge >= 0.3 is 0 Å². The molecule has 0 saturated heterocycles. The predicted octanol–water partition coefficient (Wildman–Crippen LogP) is 2.49. The van der Waals surface area contributed by atoms with Crippen LogP contribution in [0.4, 0.5) is 13.2 Å². The van der Waals surface area contributed by atoms with Gasteiger partial charge in [0.05, 0.1) is 5.56 Å². The standard InChI is InChI=1S/C9H5F3N2/c10-6-4-8(12)7(11)3-5(6)9-13-1-2-14-9/h1-4H,(H,13,14). The van der Waals surface area contributed by atoms with Gasteiger partial charge in [-0.25, -0.2) is 18.2 Å². The summed E-state index contributed by atoms with van der Waals surface area (Å²) < 4.78 is 38.5. The van der Waals surface area contributed by atoms with Gasteiger partial charge in [0.2, 0.25) is 0 Å². The predicted molar refractivity (Wildman–Crippen MR) is 43.9 cm³/mol. The number of H-pyrrole nitrogens is 1. The Kier molecular flexibility index (Phi) is 1.99. The maximum Gasteiger partial charge on any atom is 0.161 e. The van der Waals surface area contributed by atoms with E-state index in [1.807, 2.05) is 0 Å². The van der Waals surface area contributed by atoms with Gasteiger partial charge in [0.25, 0.3) is 0 Å². The fraction of sp³-hybridized carbons (Fsp3) is 0. The van der Waals surface area contributed by atoms with Crippen molar-refractivity contribution in [3.05, 3.63) is 42.0 Å². The van der Waals surface area contributed by atoms with Crippen LogP contribution >= 0.6 is 0 Å². The van der Waals surface area contributed by atoms with Gasteiger partial charge in [0.1, 0.15) is 11.6 Å². The summed E-state index contributed by atoms with van der Waals surface area (Å²) in [6.07, 6.45) is 2.87. The van der Waals surface area contributed by atoms with Crippen molar-refractivity contribution in [1.82, 2.24) is 9.97 Å². The van der Waals surface area contributed by atoms with Gasteiger partial charge in [-0.3, -0.25) is 0 Å². The van der Waals surface area contributed by atoms with Crippen molar-refractivity contribution in [1.29, 1.82) is 0 Å². The molecule has 0 spiro atoms. The van der Waals surface area contributed by atoms with E-state index in [0.717, 1.165) is 6.07 Å². The van der Waals surface area contributed by atoms with Crippen LogP contribution in [0.15, 0.2) is 24.5 Å². The van der Waals surface area contributed by atoms with Crippen LogP contribution in [0.3, 0.4) is 0 Å². The first-order valence-corrected chi connectivity index (χ1v) is 3.83. The van der Waals surface area contributed by atoms with E-state index in [4.69, 9.17) is 0 Å². The third-order valence-electron chi connectivity index (χ3n) is 1.76. The lowest BCUT2D eigenvalue weighted by Crippen LogP contribution is -1.92. The van der Waals surface area contributed by atoms with Gasteiger partial charge in [0.15, 0.2) is 11.6 Å². The molecule has 72 valence electrons. The highest BCUT2D eigenvalue weighted by Gasteiger charge is 2.12. The number of imidazole rings is 1. The highest BCUT2D eigenvalue weighted by atomic mass is 19.2. The van der Waals surface area contributed by atoms with Crippen LogP contribution in [0.2, 0.25) is 0 Å². The zero-order valence-corrected chi connectivity index (χ0v) is 6.89. The summed E-state index contributed by atoms with van der Waals surface area (Å²) in [6.45, 7) is 0. The fourth-order valence-corrected chi connectivity index (χ4v) is 1.12. The van der Waals surface area contributed by atoms with Crippen molar-refractivity contribution < 1.29 is 13.2 Å². The highest BCUT2D eigenvalue weighted by Crippen LogP contribution is 2.21. The Bertz CT molecular complexity index is 451. The quantitative estimate of drug-likeness (QED) is 0.700. The molecule has 0 aliphatic rings. The third kappa shape index (κ3) is 1.37. The van der Waals surface area contributed by atoms with Crippen molar-refractivity contribution in [3.63, 3.8) is 0 Å². The molecule has 0 radical (unpaired) electrons. The summed E-state index contributed by atoms with van der Waals surface area (Å²) in [5.41, 5.74) is -0.0890. The number of aromatic amines is 1. The molecule has 2 rings (SSSR count). The maximum absolute atomic E-state index is 13.1. The Hall–Kier alpha value is -1.78.